The first-order valence-electron chi connectivity index (χ1n) is 12.1. The molecule has 2 aromatic carbocycles. The molecule has 0 saturated heterocycles. The fourth-order valence-electron chi connectivity index (χ4n) is 3.74. The first-order chi connectivity index (χ1) is 16.0. The molecular weight excluding hydrogens is 430 g/mol. The molecule has 6 heteroatoms. The van der Waals surface area contributed by atoms with Crippen LogP contribution in [0.3, 0.4) is 0 Å². The molecule has 3 atom stereocenters. The molecule has 34 heavy (non-hydrogen) atoms. The van der Waals surface area contributed by atoms with Gasteiger partial charge in [0.15, 0.2) is 0 Å². The zero-order valence-corrected chi connectivity index (χ0v) is 21.5. The highest BCUT2D eigenvalue weighted by molar-refractivity contribution is 5.81. The Labute approximate surface area is 204 Å². The Morgan fingerprint density at radius 3 is 1.97 bits per heavy atom. The molecule has 2 aromatic rings. The summed E-state index contributed by atoms with van der Waals surface area (Å²) in [6, 6.07) is 17.2. The van der Waals surface area contributed by atoms with E-state index >= 15 is 0 Å². The molecule has 0 aromatic heterocycles. The highest BCUT2D eigenvalue weighted by atomic mass is 16.6. The summed E-state index contributed by atoms with van der Waals surface area (Å²) >= 11 is 0. The van der Waals surface area contributed by atoms with E-state index in [-0.39, 0.29) is 12.0 Å². The monoisotopic (exact) mass is 469 g/mol. The number of carbonyl (C=O) groups excluding carboxylic acids is 2. The van der Waals surface area contributed by atoms with E-state index in [4.69, 9.17) is 14.2 Å². The number of hydrogen-bond acceptors (Lipinski definition) is 5. The average molecular weight is 470 g/mol. The van der Waals surface area contributed by atoms with Crippen LogP contribution in [0.4, 0.5) is 4.79 Å². The number of rotatable bonds is 10. The van der Waals surface area contributed by atoms with Gasteiger partial charge in [-0.2, -0.15) is 0 Å². The Morgan fingerprint density at radius 2 is 1.44 bits per heavy atom. The molecule has 0 aliphatic heterocycles. The number of carbonyl (C=O) groups is 2. The molecule has 0 aliphatic carbocycles. The van der Waals surface area contributed by atoms with E-state index in [1.807, 2.05) is 49.4 Å². The average Bonchev–Trinajstić information content (AvgIpc) is 2.78. The molecule has 0 heterocycles. The van der Waals surface area contributed by atoms with Crippen LogP contribution in [-0.2, 0) is 14.3 Å². The minimum absolute atomic E-state index is 0.200. The first kappa shape index (κ1) is 27.2. The fourth-order valence-corrected chi connectivity index (χ4v) is 3.74. The Hall–Kier alpha value is -3.02. The molecule has 0 saturated carbocycles. The number of nitrogens with one attached hydrogen (secondary N) is 1. The largest absolute Gasteiger partial charge is 0.486 e. The summed E-state index contributed by atoms with van der Waals surface area (Å²) in [5.74, 6) is 0.391. The maximum atomic E-state index is 12.7. The number of benzene rings is 2. The SMILES string of the molecule is CCC(CC)[C@@H](Oc1ccc(-c2ccccc2)cc1)[C@H](C)OC(=O)[C@H](C)NC(=O)OC(C)(C)C. The lowest BCUT2D eigenvalue weighted by molar-refractivity contribution is -0.156. The van der Waals surface area contributed by atoms with Gasteiger partial charge in [-0.3, -0.25) is 0 Å². The third-order valence-electron chi connectivity index (χ3n) is 5.60. The lowest BCUT2D eigenvalue weighted by Crippen LogP contribution is -2.46. The fraction of sp³-hybridized carbons (Fsp3) is 0.500. The van der Waals surface area contributed by atoms with Gasteiger partial charge in [0.1, 0.15) is 29.6 Å². The van der Waals surface area contributed by atoms with Crippen molar-refractivity contribution in [2.24, 2.45) is 5.92 Å². The summed E-state index contributed by atoms with van der Waals surface area (Å²) in [5.41, 5.74) is 1.60. The smallest absolute Gasteiger partial charge is 0.408 e. The summed E-state index contributed by atoms with van der Waals surface area (Å²) in [7, 11) is 0. The van der Waals surface area contributed by atoms with Gasteiger partial charge in [-0.25, -0.2) is 9.59 Å². The van der Waals surface area contributed by atoms with E-state index in [9.17, 15) is 9.59 Å². The van der Waals surface area contributed by atoms with Crippen LogP contribution in [0.5, 0.6) is 5.75 Å². The number of hydrogen-bond donors (Lipinski definition) is 1. The van der Waals surface area contributed by atoms with Crippen molar-refractivity contribution in [3.63, 3.8) is 0 Å². The van der Waals surface area contributed by atoms with Crippen LogP contribution in [0.2, 0.25) is 0 Å². The molecule has 0 bridgehead atoms. The molecule has 6 nitrogen and oxygen atoms in total. The molecule has 0 fully saturated rings. The molecule has 0 radical (unpaired) electrons. The van der Waals surface area contributed by atoms with E-state index in [0.717, 1.165) is 29.7 Å². The zero-order valence-electron chi connectivity index (χ0n) is 21.5. The van der Waals surface area contributed by atoms with Crippen molar-refractivity contribution in [3.05, 3.63) is 54.6 Å². The highest BCUT2D eigenvalue weighted by Gasteiger charge is 2.31. The van der Waals surface area contributed by atoms with Gasteiger partial charge in [0.2, 0.25) is 0 Å². The van der Waals surface area contributed by atoms with Gasteiger partial charge < -0.3 is 19.5 Å². The van der Waals surface area contributed by atoms with Gasteiger partial charge in [0.25, 0.3) is 0 Å². The normalized spacial score (nSPS) is 14.1. The summed E-state index contributed by atoms with van der Waals surface area (Å²) in [5, 5.41) is 2.53. The van der Waals surface area contributed by atoms with Crippen LogP contribution in [-0.4, -0.2) is 35.9 Å². The lowest BCUT2D eigenvalue weighted by atomic mass is 9.93. The van der Waals surface area contributed by atoms with Crippen molar-refractivity contribution in [2.45, 2.75) is 85.2 Å². The number of ether oxygens (including phenoxy) is 3. The predicted octanol–water partition coefficient (Wildman–Crippen LogP) is 6.38. The minimum Gasteiger partial charge on any atom is -0.486 e. The maximum Gasteiger partial charge on any atom is 0.408 e. The Kier molecular flexibility index (Phi) is 9.97. The Bertz CT molecular complexity index is 901. The van der Waals surface area contributed by atoms with E-state index in [1.165, 1.54) is 0 Å². The first-order valence-corrected chi connectivity index (χ1v) is 12.1. The van der Waals surface area contributed by atoms with Crippen molar-refractivity contribution in [3.8, 4) is 16.9 Å². The molecule has 0 unspecified atom stereocenters. The summed E-state index contributed by atoms with van der Waals surface area (Å²) in [4.78, 5) is 24.7. The molecule has 1 N–H and O–H groups in total. The molecule has 2 rings (SSSR count). The molecule has 0 aliphatic rings. The number of esters is 1. The van der Waals surface area contributed by atoms with Crippen LogP contribution >= 0.6 is 0 Å². The summed E-state index contributed by atoms with van der Waals surface area (Å²) in [6.07, 6.45) is 0.286. The zero-order chi connectivity index (χ0) is 25.3. The molecule has 186 valence electrons. The van der Waals surface area contributed by atoms with E-state index in [0.29, 0.717) is 0 Å². The summed E-state index contributed by atoms with van der Waals surface area (Å²) < 4.78 is 17.3. The minimum atomic E-state index is -0.843. The second-order valence-corrected chi connectivity index (χ2v) is 9.56. The van der Waals surface area contributed by atoms with Crippen LogP contribution in [0.15, 0.2) is 54.6 Å². The topological polar surface area (TPSA) is 73.9 Å². The quantitative estimate of drug-likeness (QED) is 0.409. The number of amides is 1. The number of alkyl carbamates (subject to hydrolysis) is 1. The Balaban J connectivity index is 2.07. The van der Waals surface area contributed by atoms with Crippen LogP contribution in [0, 0.1) is 5.92 Å². The van der Waals surface area contributed by atoms with Gasteiger partial charge in [-0.1, -0.05) is 56.3 Å². The van der Waals surface area contributed by atoms with Crippen molar-refractivity contribution in [1.82, 2.24) is 5.32 Å². The van der Waals surface area contributed by atoms with Crippen molar-refractivity contribution in [1.29, 1.82) is 0 Å². The summed E-state index contributed by atoms with van der Waals surface area (Å²) in [6.45, 7) is 12.9. The van der Waals surface area contributed by atoms with Crippen molar-refractivity contribution < 1.29 is 23.8 Å². The standard InChI is InChI=1S/C28H39NO5/c1-8-21(9-2)25(20(4)32-26(30)19(3)29-27(31)34-28(5,6)7)33-24-17-15-23(16-18-24)22-13-11-10-12-14-22/h10-21,25H,8-9H2,1-7H3,(H,29,31)/t19-,20-,25-/m0/s1. The second-order valence-electron chi connectivity index (χ2n) is 9.56. The molecule has 0 spiro atoms. The van der Waals surface area contributed by atoms with E-state index < -0.39 is 29.8 Å². The van der Waals surface area contributed by atoms with Gasteiger partial charge >= 0.3 is 12.1 Å². The van der Waals surface area contributed by atoms with E-state index in [2.05, 4.69) is 31.3 Å². The Morgan fingerprint density at radius 1 is 0.882 bits per heavy atom. The van der Waals surface area contributed by atoms with Crippen LogP contribution < -0.4 is 10.1 Å². The third kappa shape index (κ3) is 8.40. The van der Waals surface area contributed by atoms with Gasteiger partial charge in [0.05, 0.1) is 0 Å². The van der Waals surface area contributed by atoms with Gasteiger partial charge in [-0.15, -0.1) is 0 Å². The molecular formula is C28H39NO5. The van der Waals surface area contributed by atoms with Gasteiger partial charge in [-0.05, 0) is 76.6 Å². The predicted molar refractivity (Wildman–Crippen MR) is 135 cm³/mol. The maximum absolute atomic E-state index is 12.7. The highest BCUT2D eigenvalue weighted by Crippen LogP contribution is 2.27. The van der Waals surface area contributed by atoms with Gasteiger partial charge in [0, 0.05) is 0 Å². The van der Waals surface area contributed by atoms with Crippen molar-refractivity contribution >= 4 is 12.1 Å². The molecule has 1 amide bonds. The second kappa shape index (κ2) is 12.4. The van der Waals surface area contributed by atoms with Crippen molar-refractivity contribution in [2.75, 3.05) is 0 Å². The van der Waals surface area contributed by atoms with E-state index in [1.54, 1.807) is 27.7 Å². The lowest BCUT2D eigenvalue weighted by Gasteiger charge is -2.31. The van der Waals surface area contributed by atoms with Crippen LogP contribution in [0.25, 0.3) is 11.1 Å². The third-order valence-corrected chi connectivity index (χ3v) is 5.60. The van der Waals surface area contributed by atoms with Crippen LogP contribution in [0.1, 0.15) is 61.3 Å².